The van der Waals surface area contributed by atoms with Crippen LogP contribution in [-0.2, 0) is 9.59 Å². The van der Waals surface area contributed by atoms with E-state index < -0.39 is 0 Å². The lowest BCUT2D eigenvalue weighted by Gasteiger charge is -2.25. The van der Waals surface area contributed by atoms with Gasteiger partial charge in [0, 0.05) is 31.2 Å². The van der Waals surface area contributed by atoms with Gasteiger partial charge >= 0.3 is 0 Å². The van der Waals surface area contributed by atoms with E-state index in [9.17, 15) is 9.59 Å². The van der Waals surface area contributed by atoms with Crippen molar-refractivity contribution >= 4 is 17.5 Å². The van der Waals surface area contributed by atoms with Crippen LogP contribution >= 0.6 is 0 Å². The summed E-state index contributed by atoms with van der Waals surface area (Å²) in [7, 11) is 0. The number of nitrogens with zero attached hydrogens (tertiary/aromatic N) is 1. The first-order valence-corrected chi connectivity index (χ1v) is 9.50. The number of carbonyl (C=O) groups excluding carboxylic acids is 2. The third kappa shape index (κ3) is 4.03. The first-order chi connectivity index (χ1) is 12.1. The van der Waals surface area contributed by atoms with Crippen LogP contribution in [0, 0.1) is 5.92 Å². The normalized spacial score (nSPS) is 25.0. The number of benzene rings is 1. The molecule has 0 saturated carbocycles. The summed E-state index contributed by atoms with van der Waals surface area (Å²) in [6.07, 6.45) is 3.43. The lowest BCUT2D eigenvalue weighted by atomic mass is 9.96. The number of hydrogen-bond acceptors (Lipinski definition) is 3. The monoisotopic (exact) mass is 343 g/mol. The topological polar surface area (TPSA) is 61.4 Å². The molecule has 2 aliphatic heterocycles. The first kappa shape index (κ1) is 17.9. The fraction of sp³-hybridized carbons (Fsp3) is 0.600. The molecule has 2 aliphatic rings. The average Bonchev–Trinajstić information content (AvgIpc) is 3.03. The molecule has 0 radical (unpaired) electrons. The second kappa shape index (κ2) is 8.00. The van der Waals surface area contributed by atoms with Gasteiger partial charge in [-0.15, -0.1) is 0 Å². The Morgan fingerprint density at radius 3 is 2.92 bits per heavy atom. The molecular formula is C20H29N3O2. The molecule has 3 atom stereocenters. The highest BCUT2D eigenvalue weighted by Crippen LogP contribution is 2.33. The molecule has 2 fully saturated rings. The van der Waals surface area contributed by atoms with Crippen molar-refractivity contribution in [1.29, 1.82) is 0 Å². The first-order valence-electron chi connectivity index (χ1n) is 9.50. The third-order valence-corrected chi connectivity index (χ3v) is 5.51. The van der Waals surface area contributed by atoms with Gasteiger partial charge < -0.3 is 15.5 Å². The average molecular weight is 343 g/mol. The molecule has 2 heterocycles. The Labute approximate surface area is 150 Å². The Bertz CT molecular complexity index is 625. The highest BCUT2D eigenvalue weighted by molar-refractivity contribution is 6.01. The molecule has 3 rings (SSSR count). The van der Waals surface area contributed by atoms with Crippen LogP contribution in [0.4, 0.5) is 5.69 Å². The molecule has 5 nitrogen and oxygen atoms in total. The number of anilines is 1. The Morgan fingerprint density at radius 2 is 2.20 bits per heavy atom. The van der Waals surface area contributed by atoms with Gasteiger partial charge in [-0.3, -0.25) is 9.59 Å². The quantitative estimate of drug-likeness (QED) is 0.863. The van der Waals surface area contributed by atoms with Crippen molar-refractivity contribution in [3.63, 3.8) is 0 Å². The van der Waals surface area contributed by atoms with Gasteiger partial charge in [0.1, 0.15) is 0 Å². The van der Waals surface area contributed by atoms with E-state index in [0.717, 1.165) is 38.0 Å². The molecule has 136 valence electrons. The standard InChI is InChI=1S/C20H29N3O2/c1-3-14(2)17-8-4-5-9-18(17)23-13-15(11-19(23)24)20(25)22-16-7-6-10-21-12-16/h4-5,8-9,14-16,21H,3,6-7,10-13H2,1-2H3,(H,22,25). The number of nitrogens with one attached hydrogen (secondary N) is 2. The minimum Gasteiger partial charge on any atom is -0.352 e. The molecule has 0 aliphatic carbocycles. The second-order valence-corrected chi connectivity index (χ2v) is 7.33. The van der Waals surface area contributed by atoms with Crippen molar-refractivity contribution in [3.8, 4) is 0 Å². The van der Waals surface area contributed by atoms with E-state index in [1.165, 1.54) is 5.56 Å². The summed E-state index contributed by atoms with van der Waals surface area (Å²) in [6.45, 7) is 6.67. The molecule has 0 aromatic heterocycles. The highest BCUT2D eigenvalue weighted by atomic mass is 16.2. The van der Waals surface area contributed by atoms with Gasteiger partial charge in [0.05, 0.1) is 5.92 Å². The molecule has 2 saturated heterocycles. The fourth-order valence-electron chi connectivity index (χ4n) is 3.78. The van der Waals surface area contributed by atoms with Crippen molar-refractivity contribution in [2.45, 2.75) is 51.5 Å². The molecular weight excluding hydrogens is 314 g/mol. The number of hydrogen-bond donors (Lipinski definition) is 2. The van der Waals surface area contributed by atoms with Gasteiger partial charge in [-0.2, -0.15) is 0 Å². The van der Waals surface area contributed by atoms with Crippen LogP contribution in [0.15, 0.2) is 24.3 Å². The Morgan fingerprint density at radius 1 is 1.40 bits per heavy atom. The van der Waals surface area contributed by atoms with E-state index in [-0.39, 0.29) is 23.8 Å². The summed E-state index contributed by atoms with van der Waals surface area (Å²) in [6, 6.07) is 8.28. The van der Waals surface area contributed by atoms with E-state index in [2.05, 4.69) is 30.5 Å². The van der Waals surface area contributed by atoms with Crippen molar-refractivity contribution in [1.82, 2.24) is 10.6 Å². The Hall–Kier alpha value is -1.88. The molecule has 2 amide bonds. The van der Waals surface area contributed by atoms with Crippen LogP contribution in [-0.4, -0.2) is 37.5 Å². The summed E-state index contributed by atoms with van der Waals surface area (Å²) in [5.74, 6) is 0.216. The minimum atomic E-state index is -0.251. The van der Waals surface area contributed by atoms with E-state index >= 15 is 0 Å². The van der Waals surface area contributed by atoms with Crippen LogP contribution in [0.25, 0.3) is 0 Å². The smallest absolute Gasteiger partial charge is 0.227 e. The van der Waals surface area contributed by atoms with Gasteiger partial charge in [-0.1, -0.05) is 32.0 Å². The molecule has 25 heavy (non-hydrogen) atoms. The van der Waals surface area contributed by atoms with E-state index in [1.54, 1.807) is 0 Å². The van der Waals surface area contributed by atoms with Crippen molar-refractivity contribution < 1.29 is 9.59 Å². The van der Waals surface area contributed by atoms with Crippen LogP contribution in [0.2, 0.25) is 0 Å². The van der Waals surface area contributed by atoms with E-state index in [0.29, 0.717) is 18.9 Å². The SMILES string of the molecule is CCC(C)c1ccccc1N1CC(C(=O)NC2CCCNC2)CC1=O. The largest absolute Gasteiger partial charge is 0.352 e. The third-order valence-electron chi connectivity index (χ3n) is 5.51. The second-order valence-electron chi connectivity index (χ2n) is 7.33. The van der Waals surface area contributed by atoms with Gasteiger partial charge in [-0.25, -0.2) is 0 Å². The van der Waals surface area contributed by atoms with E-state index in [4.69, 9.17) is 0 Å². The predicted molar refractivity (Wildman–Crippen MR) is 99.6 cm³/mol. The summed E-state index contributed by atoms with van der Waals surface area (Å²) in [5.41, 5.74) is 2.16. The molecule has 1 aromatic carbocycles. The zero-order valence-electron chi connectivity index (χ0n) is 15.3. The number of carbonyl (C=O) groups is 2. The fourth-order valence-corrected chi connectivity index (χ4v) is 3.78. The maximum Gasteiger partial charge on any atom is 0.227 e. The number of amides is 2. The number of piperidine rings is 1. The lowest BCUT2D eigenvalue weighted by Crippen LogP contribution is -2.47. The van der Waals surface area contributed by atoms with Gasteiger partial charge in [0.2, 0.25) is 11.8 Å². The van der Waals surface area contributed by atoms with Crippen LogP contribution in [0.5, 0.6) is 0 Å². The Balaban J connectivity index is 1.69. The van der Waals surface area contributed by atoms with Gasteiger partial charge in [-0.05, 0) is 43.4 Å². The maximum absolute atomic E-state index is 12.6. The molecule has 5 heteroatoms. The zero-order valence-corrected chi connectivity index (χ0v) is 15.3. The molecule has 1 aromatic rings. The summed E-state index contributed by atoms with van der Waals surface area (Å²) < 4.78 is 0. The minimum absolute atomic E-state index is 0.0190. The van der Waals surface area contributed by atoms with Crippen LogP contribution < -0.4 is 15.5 Å². The Kier molecular flexibility index (Phi) is 5.74. The number of para-hydroxylation sites is 1. The van der Waals surface area contributed by atoms with Gasteiger partial charge in [0.25, 0.3) is 0 Å². The van der Waals surface area contributed by atoms with Crippen LogP contribution in [0.1, 0.15) is 51.0 Å². The molecule has 2 N–H and O–H groups in total. The predicted octanol–water partition coefficient (Wildman–Crippen LogP) is 2.42. The maximum atomic E-state index is 12.6. The highest BCUT2D eigenvalue weighted by Gasteiger charge is 2.36. The summed E-state index contributed by atoms with van der Waals surface area (Å²) in [4.78, 5) is 27.0. The summed E-state index contributed by atoms with van der Waals surface area (Å²) >= 11 is 0. The van der Waals surface area contributed by atoms with Crippen LogP contribution in [0.3, 0.4) is 0 Å². The van der Waals surface area contributed by atoms with Crippen molar-refractivity contribution in [2.75, 3.05) is 24.5 Å². The molecule has 0 spiro atoms. The summed E-state index contributed by atoms with van der Waals surface area (Å²) in [5, 5.41) is 6.43. The molecule has 3 unspecified atom stereocenters. The van der Waals surface area contributed by atoms with Crippen molar-refractivity contribution in [2.24, 2.45) is 5.92 Å². The lowest BCUT2D eigenvalue weighted by molar-refractivity contribution is -0.127. The van der Waals surface area contributed by atoms with Gasteiger partial charge in [0.15, 0.2) is 0 Å². The van der Waals surface area contributed by atoms with Crippen molar-refractivity contribution in [3.05, 3.63) is 29.8 Å². The molecule has 0 bridgehead atoms. The van der Waals surface area contributed by atoms with E-state index in [1.807, 2.05) is 23.1 Å². The number of rotatable bonds is 5. The zero-order chi connectivity index (χ0) is 17.8.